The molecule has 0 saturated heterocycles. The zero-order chi connectivity index (χ0) is 14.5. The Labute approximate surface area is 122 Å². The van der Waals surface area contributed by atoms with Crippen LogP contribution >= 0.6 is 0 Å². The standard InChI is InChI=1S/C16H15N3O2/c17-13-8-4-5-9-14(13)20-11-16-18-15(19-21-16)10-12-6-2-1-3-7-12/h1-9H,10-11,17H2. The normalized spacial score (nSPS) is 10.5. The van der Waals surface area contributed by atoms with Crippen LogP contribution in [-0.2, 0) is 13.0 Å². The number of hydrogen-bond donors (Lipinski definition) is 1. The lowest BCUT2D eigenvalue weighted by atomic mass is 10.1. The van der Waals surface area contributed by atoms with Gasteiger partial charge in [0.15, 0.2) is 12.4 Å². The average molecular weight is 281 g/mol. The highest BCUT2D eigenvalue weighted by atomic mass is 16.5. The SMILES string of the molecule is Nc1ccccc1OCc1nc(Cc2ccccc2)no1. The predicted molar refractivity (Wildman–Crippen MR) is 78.7 cm³/mol. The molecule has 0 aliphatic carbocycles. The van der Waals surface area contributed by atoms with Crippen molar-refractivity contribution in [2.75, 3.05) is 5.73 Å². The van der Waals surface area contributed by atoms with Gasteiger partial charge in [0.2, 0.25) is 0 Å². The smallest absolute Gasteiger partial charge is 0.264 e. The lowest BCUT2D eigenvalue weighted by Gasteiger charge is -2.05. The number of benzene rings is 2. The summed E-state index contributed by atoms with van der Waals surface area (Å²) < 4.78 is 10.7. The average Bonchev–Trinajstić information content (AvgIpc) is 2.95. The second-order valence-corrected chi connectivity index (χ2v) is 4.59. The number of nitrogen functional groups attached to an aromatic ring is 1. The van der Waals surface area contributed by atoms with E-state index in [0.717, 1.165) is 5.56 Å². The number of rotatable bonds is 5. The van der Waals surface area contributed by atoms with Gasteiger partial charge < -0.3 is 15.0 Å². The molecule has 106 valence electrons. The van der Waals surface area contributed by atoms with Gasteiger partial charge in [0.25, 0.3) is 5.89 Å². The van der Waals surface area contributed by atoms with Crippen LogP contribution in [0.15, 0.2) is 59.1 Å². The minimum atomic E-state index is 0.204. The van der Waals surface area contributed by atoms with Gasteiger partial charge in [-0.05, 0) is 17.7 Å². The van der Waals surface area contributed by atoms with Gasteiger partial charge in [-0.2, -0.15) is 4.98 Å². The summed E-state index contributed by atoms with van der Waals surface area (Å²) in [6, 6.07) is 17.3. The first-order chi connectivity index (χ1) is 10.3. The van der Waals surface area contributed by atoms with E-state index in [-0.39, 0.29) is 6.61 Å². The fourth-order valence-electron chi connectivity index (χ4n) is 1.95. The minimum Gasteiger partial charge on any atom is -0.482 e. The zero-order valence-corrected chi connectivity index (χ0v) is 11.4. The van der Waals surface area contributed by atoms with Crippen LogP contribution in [0.2, 0.25) is 0 Å². The number of nitrogens with two attached hydrogens (primary N) is 1. The molecule has 0 spiro atoms. The Kier molecular flexibility index (Phi) is 3.82. The molecule has 0 radical (unpaired) electrons. The van der Waals surface area contributed by atoms with E-state index in [4.69, 9.17) is 15.0 Å². The van der Waals surface area contributed by atoms with E-state index in [2.05, 4.69) is 10.1 Å². The number of aromatic nitrogens is 2. The topological polar surface area (TPSA) is 74.2 Å². The molecule has 0 aliphatic heterocycles. The first-order valence-electron chi connectivity index (χ1n) is 6.64. The third kappa shape index (κ3) is 3.39. The van der Waals surface area contributed by atoms with Crippen molar-refractivity contribution < 1.29 is 9.26 Å². The molecule has 0 saturated carbocycles. The van der Waals surface area contributed by atoms with E-state index in [9.17, 15) is 0 Å². The van der Waals surface area contributed by atoms with Crippen molar-refractivity contribution in [3.05, 3.63) is 71.9 Å². The summed E-state index contributed by atoms with van der Waals surface area (Å²) in [7, 11) is 0. The molecule has 5 nitrogen and oxygen atoms in total. The van der Waals surface area contributed by atoms with Crippen molar-refractivity contribution in [1.29, 1.82) is 0 Å². The van der Waals surface area contributed by atoms with Crippen LogP contribution in [-0.4, -0.2) is 10.1 Å². The third-order valence-electron chi connectivity index (χ3n) is 2.99. The van der Waals surface area contributed by atoms with Gasteiger partial charge >= 0.3 is 0 Å². The summed E-state index contributed by atoms with van der Waals surface area (Å²) in [4.78, 5) is 4.31. The van der Waals surface area contributed by atoms with E-state index in [1.165, 1.54) is 0 Å². The van der Waals surface area contributed by atoms with Crippen LogP contribution in [0, 0.1) is 0 Å². The van der Waals surface area contributed by atoms with Crippen LogP contribution in [0.4, 0.5) is 5.69 Å². The van der Waals surface area contributed by atoms with Crippen molar-refractivity contribution in [3.8, 4) is 5.75 Å². The van der Waals surface area contributed by atoms with Crippen LogP contribution in [0.3, 0.4) is 0 Å². The molecular weight excluding hydrogens is 266 g/mol. The molecule has 3 aromatic rings. The van der Waals surface area contributed by atoms with Gasteiger partial charge in [-0.15, -0.1) is 0 Å². The summed E-state index contributed by atoms with van der Waals surface area (Å²) in [6.45, 7) is 0.204. The summed E-state index contributed by atoms with van der Waals surface area (Å²) in [5.74, 6) is 1.69. The number of ether oxygens (including phenoxy) is 1. The predicted octanol–water partition coefficient (Wildman–Crippen LogP) is 2.82. The lowest BCUT2D eigenvalue weighted by Crippen LogP contribution is -1.99. The fraction of sp³-hybridized carbons (Fsp3) is 0.125. The molecule has 21 heavy (non-hydrogen) atoms. The van der Waals surface area contributed by atoms with Crippen LogP contribution in [0.5, 0.6) is 5.75 Å². The molecule has 1 heterocycles. The minimum absolute atomic E-state index is 0.204. The van der Waals surface area contributed by atoms with E-state index >= 15 is 0 Å². The summed E-state index contributed by atoms with van der Waals surface area (Å²) in [5.41, 5.74) is 7.52. The van der Waals surface area contributed by atoms with Crippen LogP contribution < -0.4 is 10.5 Å². The number of hydrogen-bond acceptors (Lipinski definition) is 5. The molecule has 0 bridgehead atoms. The largest absolute Gasteiger partial charge is 0.482 e. The van der Waals surface area contributed by atoms with Gasteiger partial charge in [0.05, 0.1) is 5.69 Å². The quantitative estimate of drug-likeness (QED) is 0.728. The molecule has 0 aliphatic rings. The number of nitrogens with zero attached hydrogens (tertiary/aromatic N) is 2. The summed E-state index contributed by atoms with van der Waals surface area (Å²) in [6.07, 6.45) is 0.637. The Hall–Kier alpha value is -2.82. The fourth-order valence-corrected chi connectivity index (χ4v) is 1.95. The molecule has 0 unspecified atom stereocenters. The van der Waals surface area contributed by atoms with Gasteiger partial charge in [0.1, 0.15) is 5.75 Å². The van der Waals surface area contributed by atoms with Gasteiger partial charge in [0, 0.05) is 6.42 Å². The third-order valence-corrected chi connectivity index (χ3v) is 2.99. The van der Waals surface area contributed by atoms with Gasteiger partial charge in [-0.3, -0.25) is 0 Å². The lowest BCUT2D eigenvalue weighted by molar-refractivity contribution is 0.243. The molecular formula is C16H15N3O2. The van der Waals surface area contributed by atoms with Crippen molar-refractivity contribution in [3.63, 3.8) is 0 Å². The molecule has 5 heteroatoms. The molecule has 2 N–H and O–H groups in total. The Morgan fingerprint density at radius 1 is 1.00 bits per heavy atom. The van der Waals surface area contributed by atoms with Crippen molar-refractivity contribution in [2.24, 2.45) is 0 Å². The molecule has 1 aromatic heterocycles. The maximum Gasteiger partial charge on any atom is 0.264 e. The Bertz CT molecular complexity index is 710. The van der Waals surface area contributed by atoms with Crippen molar-refractivity contribution >= 4 is 5.69 Å². The highest BCUT2D eigenvalue weighted by Crippen LogP contribution is 2.20. The Morgan fingerprint density at radius 2 is 1.76 bits per heavy atom. The highest BCUT2D eigenvalue weighted by Gasteiger charge is 2.08. The zero-order valence-electron chi connectivity index (χ0n) is 11.4. The van der Waals surface area contributed by atoms with Crippen LogP contribution in [0.1, 0.15) is 17.3 Å². The Balaban J connectivity index is 1.62. The van der Waals surface area contributed by atoms with Crippen molar-refractivity contribution in [1.82, 2.24) is 10.1 Å². The molecule has 0 amide bonds. The van der Waals surface area contributed by atoms with E-state index in [1.54, 1.807) is 12.1 Å². The Morgan fingerprint density at radius 3 is 2.57 bits per heavy atom. The second-order valence-electron chi connectivity index (χ2n) is 4.59. The summed E-state index contributed by atoms with van der Waals surface area (Å²) >= 11 is 0. The molecule has 0 atom stereocenters. The van der Waals surface area contributed by atoms with Crippen LogP contribution in [0.25, 0.3) is 0 Å². The van der Waals surface area contributed by atoms with E-state index < -0.39 is 0 Å². The number of anilines is 1. The highest BCUT2D eigenvalue weighted by molar-refractivity contribution is 5.51. The van der Waals surface area contributed by atoms with E-state index in [1.807, 2.05) is 42.5 Å². The van der Waals surface area contributed by atoms with E-state index in [0.29, 0.717) is 29.6 Å². The van der Waals surface area contributed by atoms with Gasteiger partial charge in [-0.1, -0.05) is 47.6 Å². The molecule has 0 fully saturated rings. The second kappa shape index (κ2) is 6.09. The maximum absolute atomic E-state index is 5.80. The summed E-state index contributed by atoms with van der Waals surface area (Å²) in [5, 5.41) is 3.95. The molecule has 3 rings (SSSR count). The monoisotopic (exact) mass is 281 g/mol. The van der Waals surface area contributed by atoms with Crippen molar-refractivity contribution in [2.45, 2.75) is 13.0 Å². The van der Waals surface area contributed by atoms with Gasteiger partial charge in [-0.25, -0.2) is 0 Å². The maximum atomic E-state index is 5.80. The first kappa shape index (κ1) is 13.2. The molecule has 2 aromatic carbocycles. The number of para-hydroxylation sites is 2. The first-order valence-corrected chi connectivity index (χ1v) is 6.64.